The number of amides is 1. The van der Waals surface area contributed by atoms with Crippen LogP contribution in [0.3, 0.4) is 0 Å². The van der Waals surface area contributed by atoms with E-state index in [2.05, 4.69) is 0 Å². The summed E-state index contributed by atoms with van der Waals surface area (Å²) in [6, 6.07) is 4.75. The standard InChI is InChI=1S/C12H18N2O3/c1-14(2)11(12(13)15)9-7-8(16-3)5-6-10(9)17-4/h5-7,11H,1-4H3,(H2,13,15). The first-order valence-corrected chi connectivity index (χ1v) is 5.19. The predicted octanol–water partition coefficient (Wildman–Crippen LogP) is 0.792. The van der Waals surface area contributed by atoms with Gasteiger partial charge in [0.05, 0.1) is 14.2 Å². The van der Waals surface area contributed by atoms with Crippen LogP contribution in [0.2, 0.25) is 0 Å². The van der Waals surface area contributed by atoms with Gasteiger partial charge >= 0.3 is 0 Å². The van der Waals surface area contributed by atoms with Crippen molar-refractivity contribution in [1.82, 2.24) is 4.90 Å². The number of hydrogen-bond acceptors (Lipinski definition) is 4. The van der Waals surface area contributed by atoms with Crippen molar-refractivity contribution in [2.24, 2.45) is 5.73 Å². The summed E-state index contributed by atoms with van der Waals surface area (Å²) >= 11 is 0. The Balaban J connectivity index is 3.28. The Morgan fingerprint density at radius 2 is 1.94 bits per heavy atom. The second-order valence-corrected chi connectivity index (χ2v) is 3.88. The lowest BCUT2D eigenvalue weighted by Gasteiger charge is -2.23. The number of likely N-dealkylation sites (N-methyl/N-ethyl adjacent to an activating group) is 1. The Morgan fingerprint density at radius 3 is 2.35 bits per heavy atom. The first kappa shape index (κ1) is 13.3. The fourth-order valence-corrected chi connectivity index (χ4v) is 1.74. The first-order chi connectivity index (χ1) is 8.01. The van der Waals surface area contributed by atoms with Gasteiger partial charge in [-0.2, -0.15) is 0 Å². The molecule has 0 aliphatic heterocycles. The Morgan fingerprint density at radius 1 is 1.29 bits per heavy atom. The van der Waals surface area contributed by atoms with Gasteiger partial charge < -0.3 is 15.2 Å². The predicted molar refractivity (Wildman–Crippen MR) is 65.2 cm³/mol. The molecular weight excluding hydrogens is 220 g/mol. The third-order valence-corrected chi connectivity index (χ3v) is 2.52. The number of nitrogens with two attached hydrogens (primary N) is 1. The lowest BCUT2D eigenvalue weighted by Crippen LogP contribution is -2.33. The lowest BCUT2D eigenvalue weighted by molar-refractivity contribution is -0.122. The topological polar surface area (TPSA) is 64.8 Å². The second kappa shape index (κ2) is 5.54. The molecule has 0 aliphatic rings. The Hall–Kier alpha value is -1.75. The molecule has 17 heavy (non-hydrogen) atoms. The summed E-state index contributed by atoms with van der Waals surface area (Å²) in [7, 11) is 6.70. The smallest absolute Gasteiger partial charge is 0.239 e. The summed E-state index contributed by atoms with van der Waals surface area (Å²) in [5.41, 5.74) is 6.11. The highest BCUT2D eigenvalue weighted by Gasteiger charge is 2.24. The number of carbonyl (C=O) groups excluding carboxylic acids is 1. The molecule has 0 saturated heterocycles. The maximum Gasteiger partial charge on any atom is 0.239 e. The van der Waals surface area contributed by atoms with Crippen LogP contribution in [0.1, 0.15) is 11.6 Å². The Bertz CT molecular complexity index is 405. The van der Waals surface area contributed by atoms with Gasteiger partial charge in [-0.25, -0.2) is 0 Å². The van der Waals surface area contributed by atoms with Crippen LogP contribution in [0.4, 0.5) is 0 Å². The van der Waals surface area contributed by atoms with Gasteiger partial charge in [-0.05, 0) is 32.3 Å². The number of primary amides is 1. The van der Waals surface area contributed by atoms with Crippen molar-refractivity contribution in [3.05, 3.63) is 23.8 Å². The summed E-state index contributed by atoms with van der Waals surface area (Å²) in [5.74, 6) is 0.846. The maximum atomic E-state index is 11.5. The molecule has 5 nitrogen and oxygen atoms in total. The van der Waals surface area contributed by atoms with E-state index in [1.165, 1.54) is 0 Å². The molecule has 1 rings (SSSR count). The van der Waals surface area contributed by atoms with Crippen molar-refractivity contribution in [2.45, 2.75) is 6.04 Å². The van der Waals surface area contributed by atoms with E-state index in [1.54, 1.807) is 51.4 Å². The van der Waals surface area contributed by atoms with E-state index < -0.39 is 11.9 Å². The van der Waals surface area contributed by atoms with E-state index in [4.69, 9.17) is 15.2 Å². The van der Waals surface area contributed by atoms with E-state index in [1.807, 2.05) is 0 Å². The minimum Gasteiger partial charge on any atom is -0.497 e. The zero-order valence-electron chi connectivity index (χ0n) is 10.6. The van der Waals surface area contributed by atoms with Crippen molar-refractivity contribution >= 4 is 5.91 Å². The average molecular weight is 238 g/mol. The molecule has 0 radical (unpaired) electrons. The van der Waals surface area contributed by atoms with Crippen molar-refractivity contribution in [1.29, 1.82) is 0 Å². The summed E-state index contributed by atoms with van der Waals surface area (Å²) in [6.07, 6.45) is 0. The molecule has 5 heteroatoms. The SMILES string of the molecule is COc1ccc(OC)c(C(C(N)=O)N(C)C)c1. The van der Waals surface area contributed by atoms with E-state index >= 15 is 0 Å². The van der Waals surface area contributed by atoms with Crippen LogP contribution >= 0.6 is 0 Å². The van der Waals surface area contributed by atoms with Gasteiger partial charge in [0.1, 0.15) is 17.5 Å². The van der Waals surface area contributed by atoms with Crippen LogP contribution < -0.4 is 15.2 Å². The summed E-state index contributed by atoms with van der Waals surface area (Å²) in [4.78, 5) is 13.2. The second-order valence-electron chi connectivity index (χ2n) is 3.88. The fourth-order valence-electron chi connectivity index (χ4n) is 1.74. The third kappa shape index (κ3) is 2.88. The van der Waals surface area contributed by atoms with Crippen LogP contribution in [-0.4, -0.2) is 39.1 Å². The monoisotopic (exact) mass is 238 g/mol. The van der Waals surface area contributed by atoms with Crippen molar-refractivity contribution in [3.8, 4) is 11.5 Å². The summed E-state index contributed by atoms with van der Waals surface area (Å²) in [5, 5.41) is 0. The molecule has 0 bridgehead atoms. The molecule has 1 amide bonds. The number of rotatable bonds is 5. The molecule has 2 N–H and O–H groups in total. The highest BCUT2D eigenvalue weighted by molar-refractivity contribution is 5.82. The number of nitrogens with zero attached hydrogens (tertiary/aromatic N) is 1. The molecule has 0 spiro atoms. The van der Waals surface area contributed by atoms with Crippen LogP contribution in [0.5, 0.6) is 11.5 Å². The Kier molecular flexibility index (Phi) is 4.34. The van der Waals surface area contributed by atoms with Crippen molar-refractivity contribution in [2.75, 3.05) is 28.3 Å². The van der Waals surface area contributed by atoms with Crippen LogP contribution in [0.15, 0.2) is 18.2 Å². The van der Waals surface area contributed by atoms with E-state index in [-0.39, 0.29) is 0 Å². The molecule has 0 aromatic heterocycles. The zero-order chi connectivity index (χ0) is 13.0. The minimum absolute atomic E-state index is 0.429. The molecule has 94 valence electrons. The van der Waals surface area contributed by atoms with E-state index in [9.17, 15) is 4.79 Å². The van der Waals surface area contributed by atoms with Gasteiger partial charge in [0, 0.05) is 5.56 Å². The molecule has 1 atom stereocenters. The number of hydrogen-bond donors (Lipinski definition) is 1. The molecule has 0 heterocycles. The minimum atomic E-state index is -0.542. The van der Waals surface area contributed by atoms with Crippen LogP contribution in [0, 0.1) is 0 Å². The quantitative estimate of drug-likeness (QED) is 0.823. The number of methoxy groups -OCH3 is 2. The van der Waals surface area contributed by atoms with Gasteiger partial charge in [0.25, 0.3) is 0 Å². The molecule has 0 fully saturated rings. The number of benzene rings is 1. The van der Waals surface area contributed by atoms with Gasteiger partial charge in [-0.15, -0.1) is 0 Å². The number of carbonyl (C=O) groups is 1. The molecule has 0 aliphatic carbocycles. The van der Waals surface area contributed by atoms with Gasteiger partial charge in [0.15, 0.2) is 0 Å². The lowest BCUT2D eigenvalue weighted by atomic mass is 10.0. The first-order valence-electron chi connectivity index (χ1n) is 5.19. The van der Waals surface area contributed by atoms with Crippen LogP contribution in [0.25, 0.3) is 0 Å². The van der Waals surface area contributed by atoms with Crippen LogP contribution in [-0.2, 0) is 4.79 Å². The van der Waals surface area contributed by atoms with Crippen molar-refractivity contribution in [3.63, 3.8) is 0 Å². The largest absolute Gasteiger partial charge is 0.497 e. The molecule has 1 aromatic rings. The fraction of sp³-hybridized carbons (Fsp3) is 0.417. The normalized spacial score (nSPS) is 12.3. The average Bonchev–Trinajstić information content (AvgIpc) is 2.28. The summed E-state index contributed by atoms with van der Waals surface area (Å²) < 4.78 is 10.4. The Labute approximate surface area is 101 Å². The van der Waals surface area contributed by atoms with E-state index in [0.29, 0.717) is 17.1 Å². The molecule has 0 saturated carbocycles. The van der Waals surface area contributed by atoms with Gasteiger partial charge in [-0.1, -0.05) is 0 Å². The van der Waals surface area contributed by atoms with Gasteiger partial charge in [-0.3, -0.25) is 9.69 Å². The highest BCUT2D eigenvalue weighted by atomic mass is 16.5. The highest BCUT2D eigenvalue weighted by Crippen LogP contribution is 2.31. The summed E-state index contributed by atoms with van der Waals surface area (Å²) in [6.45, 7) is 0. The third-order valence-electron chi connectivity index (χ3n) is 2.52. The van der Waals surface area contributed by atoms with Crippen molar-refractivity contribution < 1.29 is 14.3 Å². The maximum absolute atomic E-state index is 11.5. The molecule has 1 aromatic carbocycles. The number of ether oxygens (including phenoxy) is 2. The molecular formula is C12H18N2O3. The van der Waals surface area contributed by atoms with Gasteiger partial charge in [0.2, 0.25) is 5.91 Å². The van der Waals surface area contributed by atoms with E-state index in [0.717, 1.165) is 0 Å². The zero-order valence-corrected chi connectivity index (χ0v) is 10.6. The molecule has 1 unspecified atom stereocenters.